The van der Waals surface area contributed by atoms with Crippen LogP contribution in [-0.4, -0.2) is 4.57 Å². The Morgan fingerprint density at radius 3 is 1.96 bits per heavy atom. The van der Waals surface area contributed by atoms with Crippen LogP contribution in [0.3, 0.4) is 0 Å². The van der Waals surface area contributed by atoms with E-state index in [4.69, 9.17) is 6.57 Å². The number of hydrogen-bond acceptors (Lipinski definition) is 2. The molecule has 0 aliphatic carbocycles. The van der Waals surface area contributed by atoms with Gasteiger partial charge in [0.15, 0.2) is 0 Å². The second-order valence-electron chi connectivity index (χ2n) is 13.5. The molecule has 1 aliphatic rings. The van der Waals surface area contributed by atoms with Gasteiger partial charge in [0.05, 0.1) is 46.3 Å². The Kier molecular flexibility index (Phi) is 6.88. The second-order valence-corrected chi connectivity index (χ2v) is 13.5. The van der Waals surface area contributed by atoms with Crippen LogP contribution in [0.4, 0.5) is 22.7 Å². The molecule has 0 unspecified atom stereocenters. The van der Waals surface area contributed by atoms with Crippen molar-refractivity contribution in [1.82, 2.24) is 4.57 Å². The molecule has 0 N–H and O–H groups in total. The van der Waals surface area contributed by atoms with Gasteiger partial charge < -0.3 is 9.47 Å². The normalized spacial score (nSPS) is 13.0. The zero-order chi connectivity index (χ0) is 34.7. The maximum atomic E-state index is 10.6. The number of nitriles is 1. The molecule has 2 heterocycles. The van der Waals surface area contributed by atoms with Crippen LogP contribution >= 0.6 is 0 Å². The fraction of sp³-hybridized carbons (Fsp3) is 0.0638. The van der Waals surface area contributed by atoms with Crippen molar-refractivity contribution in [3.8, 4) is 34.0 Å². The van der Waals surface area contributed by atoms with E-state index >= 15 is 0 Å². The molecular weight excluding hydrogens is 621 g/mol. The zero-order valence-electron chi connectivity index (χ0n) is 28.3. The fourth-order valence-electron chi connectivity index (χ4n) is 8.13. The molecule has 9 rings (SSSR count). The van der Waals surface area contributed by atoms with Gasteiger partial charge in [-0.3, -0.25) is 0 Å². The Balaban J connectivity index is 1.32. The molecule has 1 aliphatic heterocycles. The molecular formula is C47H32N4. The summed E-state index contributed by atoms with van der Waals surface area (Å²) < 4.78 is 2.22. The summed E-state index contributed by atoms with van der Waals surface area (Å²) >= 11 is 0. The summed E-state index contributed by atoms with van der Waals surface area (Å²) in [5.41, 5.74) is 13.1. The molecule has 1 aromatic heterocycles. The number of benzene rings is 7. The van der Waals surface area contributed by atoms with Crippen LogP contribution in [0.1, 0.15) is 30.5 Å². The van der Waals surface area contributed by atoms with Crippen LogP contribution in [-0.2, 0) is 5.41 Å². The number of hydrogen-bond donors (Lipinski definition) is 0. The monoisotopic (exact) mass is 652 g/mol. The zero-order valence-corrected chi connectivity index (χ0v) is 28.3. The SMILES string of the molecule is [C-]#[N+]c1cccc(-c2cccc(C#N)c2-c2ccc3c(c2)C(C)(C)c2ccccc2N3c2ccccc2)c1-n1c2ccccc2c2ccccc21. The van der Waals surface area contributed by atoms with Gasteiger partial charge in [-0.25, -0.2) is 4.85 Å². The highest BCUT2D eigenvalue weighted by atomic mass is 15.2. The van der Waals surface area contributed by atoms with E-state index in [0.29, 0.717) is 11.3 Å². The fourth-order valence-corrected chi connectivity index (χ4v) is 8.13. The van der Waals surface area contributed by atoms with Crippen molar-refractivity contribution in [2.45, 2.75) is 19.3 Å². The number of anilines is 3. The molecule has 0 saturated carbocycles. The van der Waals surface area contributed by atoms with Gasteiger partial charge in [0.2, 0.25) is 5.69 Å². The lowest BCUT2D eigenvalue weighted by Crippen LogP contribution is -2.30. The summed E-state index contributed by atoms with van der Waals surface area (Å²) in [6.07, 6.45) is 0. The van der Waals surface area contributed by atoms with Crippen molar-refractivity contribution < 1.29 is 0 Å². The number of rotatable bonds is 4. The third-order valence-corrected chi connectivity index (χ3v) is 10.4. The summed E-state index contributed by atoms with van der Waals surface area (Å²) in [5, 5.41) is 12.9. The maximum absolute atomic E-state index is 10.6. The summed E-state index contributed by atoms with van der Waals surface area (Å²) in [7, 11) is 0. The van der Waals surface area contributed by atoms with E-state index < -0.39 is 0 Å². The minimum absolute atomic E-state index is 0.312. The first-order valence-corrected chi connectivity index (χ1v) is 17.1. The van der Waals surface area contributed by atoms with Gasteiger partial charge in [0, 0.05) is 27.4 Å². The van der Waals surface area contributed by atoms with E-state index in [0.717, 1.165) is 61.1 Å². The molecule has 240 valence electrons. The van der Waals surface area contributed by atoms with Crippen molar-refractivity contribution in [2.75, 3.05) is 4.90 Å². The largest absolute Gasteiger partial charge is 0.318 e. The van der Waals surface area contributed by atoms with Crippen molar-refractivity contribution >= 4 is 44.6 Å². The van der Waals surface area contributed by atoms with Gasteiger partial charge in [-0.2, -0.15) is 5.26 Å². The molecule has 0 saturated heterocycles. The third kappa shape index (κ3) is 4.51. The molecule has 0 bridgehead atoms. The lowest BCUT2D eigenvalue weighted by atomic mass is 9.72. The Hall–Kier alpha value is -6.88. The molecule has 4 nitrogen and oxygen atoms in total. The van der Waals surface area contributed by atoms with Crippen LogP contribution in [0.25, 0.3) is 54.6 Å². The minimum Gasteiger partial charge on any atom is -0.318 e. The Labute approximate surface area is 297 Å². The third-order valence-electron chi connectivity index (χ3n) is 10.4. The van der Waals surface area contributed by atoms with E-state index in [1.165, 1.54) is 16.8 Å². The molecule has 4 heteroatoms. The van der Waals surface area contributed by atoms with E-state index in [1.54, 1.807) is 0 Å². The average molecular weight is 653 g/mol. The molecule has 0 fully saturated rings. The molecule has 0 spiro atoms. The van der Waals surface area contributed by atoms with Crippen molar-refractivity contribution in [1.29, 1.82) is 5.26 Å². The first kappa shape index (κ1) is 30.2. The van der Waals surface area contributed by atoms with E-state index in [2.05, 4.69) is 149 Å². The standard InChI is InChI=1S/C47H32N4/c1-47(2)38-22-9-12-26-43(38)50(33-16-5-4-6-17-33)44-28-27-31(29-39(44)47)45-32(30-48)15-13-20-36(45)37-21-14-23-40(49-3)46(37)51-41-24-10-7-18-34(41)35-19-8-11-25-42(35)51/h4-29H,1-2H3. The van der Waals surface area contributed by atoms with Crippen LogP contribution in [0.2, 0.25) is 0 Å². The lowest BCUT2D eigenvalue weighted by Gasteiger charge is -2.42. The summed E-state index contributed by atoms with van der Waals surface area (Å²) in [6, 6.07) is 56.9. The van der Waals surface area contributed by atoms with Gasteiger partial charge in [-0.15, -0.1) is 0 Å². The highest BCUT2D eigenvalue weighted by molar-refractivity contribution is 6.10. The Bertz CT molecular complexity index is 2700. The van der Waals surface area contributed by atoms with Crippen molar-refractivity contribution in [3.63, 3.8) is 0 Å². The van der Waals surface area contributed by atoms with Crippen LogP contribution in [0.5, 0.6) is 0 Å². The molecule has 7 aromatic carbocycles. The van der Waals surface area contributed by atoms with Gasteiger partial charge in [-0.05, 0) is 76.3 Å². The van der Waals surface area contributed by atoms with Crippen molar-refractivity contribution in [3.05, 3.63) is 186 Å². The second kappa shape index (κ2) is 11.6. The highest BCUT2D eigenvalue weighted by Crippen LogP contribution is 2.53. The van der Waals surface area contributed by atoms with Gasteiger partial charge in [0.25, 0.3) is 0 Å². The van der Waals surface area contributed by atoms with Crippen LogP contribution < -0.4 is 4.90 Å². The quantitative estimate of drug-likeness (QED) is 0.177. The number of fused-ring (bicyclic) bond motifs is 5. The average Bonchev–Trinajstić information content (AvgIpc) is 3.52. The summed E-state index contributed by atoms with van der Waals surface area (Å²) in [6.45, 7) is 12.9. The lowest BCUT2D eigenvalue weighted by molar-refractivity contribution is 0.632. The molecule has 0 radical (unpaired) electrons. The Morgan fingerprint density at radius 1 is 0.608 bits per heavy atom. The molecule has 0 atom stereocenters. The number of aromatic nitrogens is 1. The van der Waals surface area contributed by atoms with Crippen LogP contribution in [0, 0.1) is 17.9 Å². The van der Waals surface area contributed by atoms with E-state index in [-0.39, 0.29) is 5.41 Å². The summed E-state index contributed by atoms with van der Waals surface area (Å²) in [5.74, 6) is 0. The van der Waals surface area contributed by atoms with Gasteiger partial charge in [-0.1, -0.05) is 123 Å². The smallest absolute Gasteiger partial charge is 0.211 e. The predicted molar refractivity (Wildman–Crippen MR) is 209 cm³/mol. The van der Waals surface area contributed by atoms with Gasteiger partial charge >= 0.3 is 0 Å². The minimum atomic E-state index is -0.312. The highest BCUT2D eigenvalue weighted by Gasteiger charge is 2.37. The van der Waals surface area contributed by atoms with E-state index in [1.807, 2.05) is 42.5 Å². The van der Waals surface area contributed by atoms with Gasteiger partial charge in [0.1, 0.15) is 0 Å². The first-order valence-electron chi connectivity index (χ1n) is 17.1. The van der Waals surface area contributed by atoms with Crippen molar-refractivity contribution in [2.24, 2.45) is 0 Å². The van der Waals surface area contributed by atoms with Crippen LogP contribution in [0.15, 0.2) is 158 Å². The Morgan fingerprint density at radius 2 is 1.24 bits per heavy atom. The first-order chi connectivity index (χ1) is 25.0. The maximum Gasteiger partial charge on any atom is 0.211 e. The number of nitrogens with zero attached hydrogens (tertiary/aromatic N) is 4. The molecule has 51 heavy (non-hydrogen) atoms. The number of para-hydroxylation sites is 5. The molecule has 0 amide bonds. The summed E-state index contributed by atoms with van der Waals surface area (Å²) in [4.78, 5) is 6.41. The van der Waals surface area contributed by atoms with E-state index in [9.17, 15) is 5.26 Å². The molecule has 8 aromatic rings. The predicted octanol–water partition coefficient (Wildman–Crippen LogP) is 12.6. The topological polar surface area (TPSA) is 36.3 Å².